The van der Waals surface area contributed by atoms with Crippen molar-refractivity contribution in [2.45, 2.75) is 32.4 Å². The minimum absolute atomic E-state index is 0.119. The van der Waals surface area contributed by atoms with Gasteiger partial charge in [0.15, 0.2) is 12.4 Å². The van der Waals surface area contributed by atoms with E-state index in [4.69, 9.17) is 4.74 Å². The zero-order chi connectivity index (χ0) is 20.9. The molecular weight excluding hydrogens is 384 g/mol. The Morgan fingerprint density at radius 2 is 1.77 bits per heavy atom. The molecule has 0 unspecified atom stereocenters. The Kier molecular flexibility index (Phi) is 5.60. The number of nitrogens with zero attached hydrogens (tertiary/aromatic N) is 4. The molecule has 4 rings (SSSR count). The van der Waals surface area contributed by atoms with Crippen LogP contribution in [0.1, 0.15) is 44.9 Å². The second-order valence-electron chi connectivity index (χ2n) is 6.94. The Balaban J connectivity index is 1.39. The third-order valence-corrected chi connectivity index (χ3v) is 4.50. The van der Waals surface area contributed by atoms with E-state index in [1.54, 1.807) is 36.7 Å². The second kappa shape index (κ2) is 8.64. The first-order chi connectivity index (χ1) is 14.6. The number of hydrogen-bond acceptors (Lipinski definition) is 7. The molecule has 9 nitrogen and oxygen atoms in total. The maximum absolute atomic E-state index is 12.6. The van der Waals surface area contributed by atoms with Gasteiger partial charge < -0.3 is 15.4 Å². The van der Waals surface area contributed by atoms with E-state index in [0.29, 0.717) is 17.1 Å². The van der Waals surface area contributed by atoms with E-state index >= 15 is 0 Å². The Labute approximate surface area is 173 Å². The Morgan fingerprint density at radius 3 is 2.47 bits per heavy atom. The monoisotopic (exact) mass is 404 g/mol. The van der Waals surface area contributed by atoms with Crippen LogP contribution in [0.2, 0.25) is 0 Å². The maximum atomic E-state index is 12.6. The van der Waals surface area contributed by atoms with E-state index in [1.807, 2.05) is 6.92 Å². The van der Waals surface area contributed by atoms with Crippen molar-refractivity contribution in [3.05, 3.63) is 71.6 Å². The van der Waals surface area contributed by atoms with Crippen molar-refractivity contribution < 1.29 is 14.3 Å². The van der Waals surface area contributed by atoms with Crippen molar-refractivity contribution in [2.75, 3.05) is 5.32 Å². The first-order valence-electron chi connectivity index (χ1n) is 9.52. The van der Waals surface area contributed by atoms with E-state index in [2.05, 4.69) is 30.6 Å². The van der Waals surface area contributed by atoms with Crippen LogP contribution in [0.25, 0.3) is 0 Å². The highest BCUT2D eigenvalue weighted by Crippen LogP contribution is 2.21. The van der Waals surface area contributed by atoms with Gasteiger partial charge in [-0.2, -0.15) is 0 Å². The molecule has 2 N–H and O–H groups in total. The molecule has 0 bridgehead atoms. The molecule has 2 heterocycles. The molecule has 152 valence electrons. The fourth-order valence-electron chi connectivity index (χ4n) is 2.63. The van der Waals surface area contributed by atoms with Crippen LogP contribution in [-0.2, 0) is 6.61 Å². The van der Waals surface area contributed by atoms with Crippen LogP contribution < -0.4 is 15.4 Å². The molecule has 0 aliphatic heterocycles. The highest BCUT2D eigenvalue weighted by molar-refractivity contribution is 6.05. The SMILES string of the molecule is Cc1ccc(C(=O)NC2CC2)cc1NC(=O)c1cnc(OCc2ncccn2)nc1. The summed E-state index contributed by atoms with van der Waals surface area (Å²) in [6.07, 6.45) is 8.02. The minimum Gasteiger partial charge on any atom is -0.455 e. The summed E-state index contributed by atoms with van der Waals surface area (Å²) in [6.45, 7) is 1.98. The van der Waals surface area contributed by atoms with Gasteiger partial charge in [0.25, 0.3) is 11.8 Å². The molecule has 2 aromatic heterocycles. The molecular formula is C21H20N6O3. The molecule has 0 atom stereocenters. The number of carbonyl (C=O) groups excluding carboxylic acids is 2. The van der Waals surface area contributed by atoms with Crippen LogP contribution in [0, 0.1) is 6.92 Å². The van der Waals surface area contributed by atoms with Gasteiger partial charge in [-0.1, -0.05) is 6.07 Å². The van der Waals surface area contributed by atoms with E-state index in [-0.39, 0.29) is 36.0 Å². The van der Waals surface area contributed by atoms with Crippen molar-refractivity contribution in [2.24, 2.45) is 0 Å². The molecule has 1 saturated carbocycles. The highest BCUT2D eigenvalue weighted by Gasteiger charge is 2.24. The van der Waals surface area contributed by atoms with Crippen LogP contribution >= 0.6 is 0 Å². The first kappa shape index (κ1) is 19.4. The maximum Gasteiger partial charge on any atom is 0.316 e. The number of nitrogens with one attached hydrogen (secondary N) is 2. The minimum atomic E-state index is -0.379. The summed E-state index contributed by atoms with van der Waals surface area (Å²) in [4.78, 5) is 41.0. The van der Waals surface area contributed by atoms with Gasteiger partial charge in [0, 0.05) is 42.1 Å². The molecule has 0 radical (unpaired) electrons. The van der Waals surface area contributed by atoms with E-state index in [0.717, 1.165) is 18.4 Å². The lowest BCUT2D eigenvalue weighted by molar-refractivity contribution is 0.0949. The van der Waals surface area contributed by atoms with Crippen molar-refractivity contribution in [3.8, 4) is 6.01 Å². The quantitative estimate of drug-likeness (QED) is 0.620. The van der Waals surface area contributed by atoms with Crippen LogP contribution in [0.5, 0.6) is 6.01 Å². The molecule has 30 heavy (non-hydrogen) atoms. The van der Waals surface area contributed by atoms with E-state index < -0.39 is 0 Å². The predicted molar refractivity (Wildman–Crippen MR) is 108 cm³/mol. The van der Waals surface area contributed by atoms with E-state index in [9.17, 15) is 9.59 Å². The third kappa shape index (κ3) is 4.93. The van der Waals surface area contributed by atoms with Gasteiger partial charge in [0.2, 0.25) is 0 Å². The zero-order valence-corrected chi connectivity index (χ0v) is 16.3. The van der Waals surface area contributed by atoms with Crippen LogP contribution in [-0.4, -0.2) is 37.8 Å². The molecule has 1 fully saturated rings. The zero-order valence-electron chi connectivity index (χ0n) is 16.3. The Morgan fingerprint density at radius 1 is 1.03 bits per heavy atom. The summed E-state index contributed by atoms with van der Waals surface area (Å²) in [5.74, 6) is -0.0139. The molecule has 1 aliphatic carbocycles. The summed E-state index contributed by atoms with van der Waals surface area (Å²) in [6, 6.07) is 7.32. The fourth-order valence-corrected chi connectivity index (χ4v) is 2.63. The first-order valence-corrected chi connectivity index (χ1v) is 9.52. The van der Waals surface area contributed by atoms with Gasteiger partial charge in [0.05, 0.1) is 5.56 Å². The molecule has 1 aliphatic rings. The normalized spacial score (nSPS) is 12.8. The lowest BCUT2D eigenvalue weighted by Gasteiger charge is -2.11. The van der Waals surface area contributed by atoms with Gasteiger partial charge >= 0.3 is 6.01 Å². The summed E-state index contributed by atoms with van der Waals surface area (Å²) >= 11 is 0. The average molecular weight is 404 g/mol. The number of carbonyl (C=O) groups is 2. The van der Waals surface area contributed by atoms with Gasteiger partial charge in [-0.3, -0.25) is 9.59 Å². The van der Waals surface area contributed by atoms with Gasteiger partial charge in [-0.25, -0.2) is 19.9 Å². The second-order valence-corrected chi connectivity index (χ2v) is 6.94. The lowest BCUT2D eigenvalue weighted by Crippen LogP contribution is -2.25. The highest BCUT2D eigenvalue weighted by atomic mass is 16.5. The summed E-state index contributed by atoms with van der Waals surface area (Å²) in [5.41, 5.74) is 2.18. The molecule has 0 spiro atoms. The van der Waals surface area contributed by atoms with Gasteiger partial charge in [-0.05, 0) is 43.5 Å². The topological polar surface area (TPSA) is 119 Å². The molecule has 2 amide bonds. The summed E-state index contributed by atoms with van der Waals surface area (Å²) < 4.78 is 5.42. The number of ether oxygens (including phenoxy) is 1. The van der Waals surface area contributed by atoms with Gasteiger partial charge in [-0.15, -0.1) is 0 Å². The van der Waals surface area contributed by atoms with Crippen molar-refractivity contribution >= 4 is 17.5 Å². The number of amides is 2. The lowest BCUT2D eigenvalue weighted by atomic mass is 10.1. The molecule has 0 saturated heterocycles. The largest absolute Gasteiger partial charge is 0.455 e. The van der Waals surface area contributed by atoms with Crippen LogP contribution in [0.4, 0.5) is 5.69 Å². The number of aryl methyl sites for hydroxylation is 1. The number of aromatic nitrogens is 4. The number of rotatable bonds is 7. The number of benzene rings is 1. The Bertz CT molecular complexity index is 1050. The smallest absolute Gasteiger partial charge is 0.316 e. The van der Waals surface area contributed by atoms with Gasteiger partial charge in [0.1, 0.15) is 0 Å². The van der Waals surface area contributed by atoms with Crippen molar-refractivity contribution in [3.63, 3.8) is 0 Å². The number of hydrogen-bond donors (Lipinski definition) is 2. The molecule has 9 heteroatoms. The number of anilines is 1. The van der Waals surface area contributed by atoms with E-state index in [1.165, 1.54) is 12.4 Å². The van der Waals surface area contributed by atoms with Crippen molar-refractivity contribution in [1.29, 1.82) is 0 Å². The molecule has 1 aromatic carbocycles. The fraction of sp³-hybridized carbons (Fsp3) is 0.238. The standard InChI is InChI=1S/C21H20N6O3/c1-13-3-4-14(19(28)26-16-5-6-16)9-17(13)27-20(29)15-10-24-21(25-11-15)30-12-18-22-7-2-8-23-18/h2-4,7-11,16H,5-6,12H2,1H3,(H,26,28)(H,27,29). The Hall–Kier alpha value is -3.88. The van der Waals surface area contributed by atoms with Crippen LogP contribution in [0.15, 0.2) is 49.1 Å². The molecule has 3 aromatic rings. The third-order valence-electron chi connectivity index (χ3n) is 4.50. The van der Waals surface area contributed by atoms with Crippen molar-refractivity contribution in [1.82, 2.24) is 25.3 Å². The predicted octanol–water partition coefficient (Wildman–Crippen LogP) is 2.30. The van der Waals surface area contributed by atoms with Crippen LogP contribution in [0.3, 0.4) is 0 Å². The summed E-state index contributed by atoms with van der Waals surface area (Å²) in [7, 11) is 0. The average Bonchev–Trinajstić information content (AvgIpc) is 3.59. The summed E-state index contributed by atoms with van der Waals surface area (Å²) in [5, 5.41) is 5.75.